The molecule has 2 aliphatic rings. The van der Waals surface area contributed by atoms with Gasteiger partial charge in [0.05, 0.1) is 24.5 Å². The first-order valence-corrected chi connectivity index (χ1v) is 14.0. The fourth-order valence-electron chi connectivity index (χ4n) is 4.82. The molecule has 8 nitrogen and oxygen atoms in total. The maximum Gasteiger partial charge on any atom is 0.416 e. The third-order valence-electron chi connectivity index (χ3n) is 7.28. The van der Waals surface area contributed by atoms with Gasteiger partial charge in [-0.25, -0.2) is 0 Å². The molecule has 2 aromatic carbocycles. The van der Waals surface area contributed by atoms with E-state index >= 15 is 0 Å². The van der Waals surface area contributed by atoms with E-state index in [-0.39, 0.29) is 23.2 Å². The van der Waals surface area contributed by atoms with Crippen LogP contribution in [0.15, 0.2) is 47.8 Å². The first kappa shape index (κ1) is 30.7. The smallest absolute Gasteiger partial charge is 0.378 e. The van der Waals surface area contributed by atoms with Crippen LogP contribution in [0.4, 0.5) is 24.5 Å². The maximum atomic E-state index is 13.7. The Hall–Kier alpha value is -3.27. The molecule has 0 saturated carbocycles. The molecular formula is C29H35F3N5O3P. The van der Waals surface area contributed by atoms with E-state index in [0.29, 0.717) is 48.6 Å². The molecular weight excluding hydrogens is 554 g/mol. The number of halogens is 3. The number of morpholine rings is 1. The van der Waals surface area contributed by atoms with Gasteiger partial charge in [-0.3, -0.25) is 9.59 Å². The molecule has 0 bridgehead atoms. The summed E-state index contributed by atoms with van der Waals surface area (Å²) < 4.78 is 46.3. The summed E-state index contributed by atoms with van der Waals surface area (Å²) in [5.41, 5.74) is 0.873. The fourth-order valence-corrected chi connectivity index (χ4v) is 5.07. The summed E-state index contributed by atoms with van der Waals surface area (Å²) in [6.07, 6.45) is -1.45. The van der Waals surface area contributed by atoms with E-state index in [2.05, 4.69) is 24.8 Å². The average Bonchev–Trinajstić information content (AvgIpc) is 2.94. The Labute approximate surface area is 240 Å². The number of likely N-dealkylation sites (tertiary alicyclic amines) is 1. The molecule has 2 amide bonds. The van der Waals surface area contributed by atoms with Gasteiger partial charge in [-0.2, -0.15) is 13.2 Å². The number of aryl methyl sites for hydroxylation is 1. The van der Waals surface area contributed by atoms with E-state index < -0.39 is 17.6 Å². The van der Waals surface area contributed by atoms with Gasteiger partial charge in [0.1, 0.15) is 0 Å². The minimum absolute atomic E-state index is 0.0656. The predicted octanol–water partition coefficient (Wildman–Crippen LogP) is 4.44. The normalized spacial score (nSPS) is 17.3. The Bertz CT molecular complexity index is 1330. The first-order valence-electron chi connectivity index (χ1n) is 13.4. The zero-order valence-electron chi connectivity index (χ0n) is 23.1. The first-order chi connectivity index (χ1) is 19.4. The van der Waals surface area contributed by atoms with Crippen molar-refractivity contribution in [2.45, 2.75) is 32.0 Å². The van der Waals surface area contributed by atoms with Gasteiger partial charge < -0.3 is 30.6 Å². The zero-order chi connectivity index (χ0) is 29.7. The summed E-state index contributed by atoms with van der Waals surface area (Å²) in [4.78, 5) is 29.8. The Morgan fingerprint density at radius 2 is 1.76 bits per heavy atom. The minimum atomic E-state index is -4.62. The second-order valence-corrected chi connectivity index (χ2v) is 11.0. The molecule has 2 aliphatic heterocycles. The summed E-state index contributed by atoms with van der Waals surface area (Å²) in [5, 5.41) is 14.6. The van der Waals surface area contributed by atoms with Crippen LogP contribution in [0.2, 0.25) is 0 Å². The van der Waals surface area contributed by atoms with E-state index in [0.717, 1.165) is 43.6 Å². The highest BCUT2D eigenvalue weighted by atomic mass is 31.0. The van der Waals surface area contributed by atoms with Gasteiger partial charge in [-0.05, 0) is 81.9 Å². The molecule has 2 saturated heterocycles. The van der Waals surface area contributed by atoms with Crippen LogP contribution in [-0.2, 0) is 15.7 Å². The second-order valence-electron chi connectivity index (χ2n) is 10.4. The van der Waals surface area contributed by atoms with Crippen molar-refractivity contribution < 1.29 is 27.5 Å². The molecule has 0 radical (unpaired) electrons. The van der Waals surface area contributed by atoms with Crippen LogP contribution in [0.5, 0.6) is 0 Å². The topological polar surface area (TPSA) is 97.8 Å². The number of alkyl halides is 3. The van der Waals surface area contributed by atoms with Crippen LogP contribution < -0.4 is 15.5 Å². The molecule has 12 heteroatoms. The number of hydrogen-bond donors (Lipinski definition) is 3. The van der Waals surface area contributed by atoms with Crippen molar-refractivity contribution in [2.75, 3.05) is 56.7 Å². The van der Waals surface area contributed by atoms with E-state index in [9.17, 15) is 22.8 Å². The Kier molecular flexibility index (Phi) is 9.84. The van der Waals surface area contributed by atoms with Gasteiger partial charge in [0.15, 0.2) is 0 Å². The Morgan fingerprint density at radius 3 is 2.41 bits per heavy atom. The molecule has 0 aromatic heterocycles. The number of anilines is 2. The quantitative estimate of drug-likeness (QED) is 0.252. The van der Waals surface area contributed by atoms with Crippen LogP contribution in [0.25, 0.3) is 0 Å². The van der Waals surface area contributed by atoms with E-state index in [4.69, 9.17) is 10.1 Å². The van der Waals surface area contributed by atoms with Gasteiger partial charge in [0, 0.05) is 46.9 Å². The van der Waals surface area contributed by atoms with E-state index in [1.165, 1.54) is 12.1 Å². The highest BCUT2D eigenvalue weighted by Crippen LogP contribution is 2.33. The zero-order valence-corrected chi connectivity index (χ0v) is 24.3. The van der Waals surface area contributed by atoms with Crippen molar-refractivity contribution in [3.8, 4) is 0 Å². The van der Waals surface area contributed by atoms with E-state index in [1.54, 1.807) is 30.0 Å². The third-order valence-corrected chi connectivity index (χ3v) is 7.71. The molecule has 2 heterocycles. The number of piperidine rings is 1. The van der Waals surface area contributed by atoms with Gasteiger partial charge in [0.2, 0.25) is 0 Å². The number of benzene rings is 2. The molecule has 2 fully saturated rings. The largest absolute Gasteiger partial charge is 0.416 e. The Balaban J connectivity index is 1.50. The van der Waals surface area contributed by atoms with Gasteiger partial charge in [-0.15, -0.1) is 0 Å². The average molecular weight is 590 g/mol. The van der Waals surface area contributed by atoms with Crippen molar-refractivity contribution in [2.24, 2.45) is 0 Å². The number of nitrogens with zero attached hydrogens (tertiary/aromatic N) is 2. The van der Waals surface area contributed by atoms with Crippen LogP contribution in [0.1, 0.15) is 39.9 Å². The number of allylic oxidation sites excluding steroid dienone is 1. The van der Waals surface area contributed by atoms with Crippen molar-refractivity contribution in [3.63, 3.8) is 0 Å². The van der Waals surface area contributed by atoms with Crippen LogP contribution in [0, 0.1) is 12.3 Å². The molecule has 3 N–H and O–H groups in total. The molecule has 220 valence electrons. The standard InChI is InChI=1S/C29H35F3N5O3P/c1-18-3-4-22(16-24(18)25(33)17-26(41)28(39)34-21-5-7-36(2)8-6-21)35-27(38)19-13-20(29(30,31)32)15-23(14-19)37-9-11-40-12-10-37/h3-4,13-17,21,33H,5-12,41H2,1-2H3,(H,34,39)(H,35,38)/b26-17-,33-25?. The lowest BCUT2D eigenvalue weighted by atomic mass is 10.0. The van der Waals surface area contributed by atoms with Crippen molar-refractivity contribution in [1.82, 2.24) is 10.2 Å². The number of carbonyl (C=O) groups is 2. The number of ether oxygens (including phenoxy) is 1. The Morgan fingerprint density at radius 1 is 1.07 bits per heavy atom. The minimum Gasteiger partial charge on any atom is -0.378 e. The van der Waals surface area contributed by atoms with Crippen molar-refractivity contribution in [3.05, 3.63) is 70.0 Å². The van der Waals surface area contributed by atoms with Gasteiger partial charge in [0.25, 0.3) is 11.8 Å². The number of rotatable bonds is 7. The van der Waals surface area contributed by atoms with Gasteiger partial charge in [-0.1, -0.05) is 15.3 Å². The van der Waals surface area contributed by atoms with Crippen LogP contribution >= 0.6 is 9.24 Å². The summed E-state index contributed by atoms with van der Waals surface area (Å²) in [5.74, 6) is -0.969. The summed E-state index contributed by atoms with van der Waals surface area (Å²) in [7, 11) is 4.42. The molecule has 1 atom stereocenters. The number of nitrogens with one attached hydrogen (secondary N) is 3. The molecule has 2 aromatic rings. The monoisotopic (exact) mass is 589 g/mol. The van der Waals surface area contributed by atoms with Crippen LogP contribution in [-0.4, -0.2) is 74.9 Å². The highest BCUT2D eigenvalue weighted by molar-refractivity contribution is 7.25. The molecule has 41 heavy (non-hydrogen) atoms. The van der Waals surface area contributed by atoms with Crippen molar-refractivity contribution >= 4 is 38.1 Å². The summed E-state index contributed by atoms with van der Waals surface area (Å²) in [6.45, 7) is 5.24. The maximum absolute atomic E-state index is 13.7. The molecule has 1 unspecified atom stereocenters. The second kappa shape index (κ2) is 13.1. The summed E-state index contributed by atoms with van der Waals surface area (Å²) >= 11 is 0. The van der Waals surface area contributed by atoms with Gasteiger partial charge >= 0.3 is 6.18 Å². The lowest BCUT2D eigenvalue weighted by Gasteiger charge is -2.29. The SMILES string of the molecule is Cc1ccc(NC(=O)c2cc(N3CCOCC3)cc(C(F)(F)F)c2)cc1C(=N)/C=C(\P)C(=O)NC1CCN(C)CC1. The predicted molar refractivity (Wildman–Crippen MR) is 157 cm³/mol. The highest BCUT2D eigenvalue weighted by Gasteiger charge is 2.32. The lowest BCUT2D eigenvalue weighted by molar-refractivity contribution is -0.137. The molecule has 0 aliphatic carbocycles. The number of amides is 2. The fraction of sp³-hybridized carbons (Fsp3) is 0.414. The van der Waals surface area contributed by atoms with E-state index in [1.807, 2.05) is 7.05 Å². The van der Waals surface area contributed by atoms with Crippen LogP contribution in [0.3, 0.4) is 0 Å². The number of hydrogen-bond acceptors (Lipinski definition) is 6. The molecule has 4 rings (SSSR count). The van der Waals surface area contributed by atoms with Crippen molar-refractivity contribution in [1.29, 1.82) is 5.41 Å². The molecule has 0 spiro atoms. The third kappa shape index (κ3) is 8.15. The number of carbonyl (C=O) groups excluding carboxylic acids is 2. The lowest BCUT2D eigenvalue weighted by Crippen LogP contribution is -2.43. The summed E-state index contributed by atoms with van der Waals surface area (Å²) in [6, 6.07) is 8.32.